The molecule has 5 aromatic carbocycles. The van der Waals surface area contributed by atoms with Crippen LogP contribution in [0.5, 0.6) is 0 Å². The van der Waals surface area contributed by atoms with E-state index in [9.17, 15) is 0 Å². The van der Waals surface area contributed by atoms with Gasteiger partial charge in [0.05, 0.1) is 5.58 Å². The van der Waals surface area contributed by atoms with Gasteiger partial charge in [0.15, 0.2) is 0 Å². The zero-order valence-corrected chi connectivity index (χ0v) is 28.2. The average Bonchev–Trinajstić information content (AvgIpc) is 3.53. The van der Waals surface area contributed by atoms with Gasteiger partial charge in [-0.3, -0.25) is 0 Å². The van der Waals surface area contributed by atoms with Crippen molar-refractivity contribution in [1.29, 1.82) is 0 Å². The molecule has 0 N–H and O–H groups in total. The number of benzene rings is 5. The molecule has 4 heteroatoms. The van der Waals surface area contributed by atoms with Gasteiger partial charge in [0.2, 0.25) is 0 Å². The molecule has 0 bridgehead atoms. The van der Waals surface area contributed by atoms with E-state index in [1.165, 1.54) is 40.9 Å². The summed E-state index contributed by atoms with van der Waals surface area (Å²) in [6, 6.07) is 45.5. The molecule has 8 aromatic rings. The molecule has 0 atom stereocenters. The minimum atomic E-state index is -2.18. The Hall–Kier alpha value is -4.89. The number of rotatable bonds is 4. The maximum absolute atomic E-state index is 7.28. The van der Waals surface area contributed by atoms with Crippen molar-refractivity contribution in [2.45, 2.75) is 33.0 Å². The van der Waals surface area contributed by atoms with E-state index in [1.807, 2.05) is 12.3 Å². The fourth-order valence-corrected chi connectivity index (χ4v) is 5.72. The number of fused-ring (bicyclic) bond motifs is 5. The number of pyridine rings is 2. The van der Waals surface area contributed by atoms with Crippen LogP contribution >= 0.6 is 0 Å². The fourth-order valence-electron chi connectivity index (χ4n) is 5.72. The third kappa shape index (κ3) is 6.53. The summed E-state index contributed by atoms with van der Waals surface area (Å²) in [6.07, 6.45) is 3.20. The predicted molar refractivity (Wildman–Crippen MR) is 190 cm³/mol. The van der Waals surface area contributed by atoms with Gasteiger partial charge in [-0.25, -0.2) is 0 Å². The van der Waals surface area contributed by atoms with Crippen LogP contribution in [0.1, 0.15) is 44.3 Å². The van der Waals surface area contributed by atoms with Gasteiger partial charge in [-0.1, -0.05) is 111 Å². The minimum Gasteiger partial charge on any atom is -0.500 e. The SMILES string of the molecule is CC(C)(c1ccccc1)c1ccnc(-c2[c-]cc3oc4c5ccccc5ccc4c3c2)c1.[2H]C([2H])([2H])c1c[c-]c(-c2ccc(C([2H])([2H])[2H])cn2)cc1.[Ir]. The molecule has 0 aliphatic heterocycles. The maximum atomic E-state index is 7.28. The molecule has 3 aromatic heterocycles. The van der Waals surface area contributed by atoms with Crippen LogP contribution in [0.25, 0.3) is 55.2 Å². The van der Waals surface area contributed by atoms with Gasteiger partial charge < -0.3 is 14.4 Å². The molecule has 0 saturated carbocycles. The molecule has 0 spiro atoms. The molecule has 0 aliphatic rings. The number of aryl methyl sites for hydroxylation is 2. The van der Waals surface area contributed by atoms with Crippen molar-refractivity contribution in [3.8, 4) is 22.5 Å². The Labute approximate surface area is 298 Å². The van der Waals surface area contributed by atoms with Crippen LogP contribution < -0.4 is 0 Å². The van der Waals surface area contributed by atoms with Gasteiger partial charge in [-0.2, -0.15) is 0 Å². The molecule has 0 unspecified atom stereocenters. The summed E-state index contributed by atoms with van der Waals surface area (Å²) in [5.74, 6) is 0. The second kappa shape index (κ2) is 13.5. The number of aromatic nitrogens is 2. The van der Waals surface area contributed by atoms with Crippen molar-refractivity contribution in [2.24, 2.45) is 0 Å². The maximum Gasteiger partial charge on any atom is 0.128 e. The summed E-state index contributed by atoms with van der Waals surface area (Å²) in [6.45, 7) is 0.167. The summed E-state index contributed by atoms with van der Waals surface area (Å²) in [4.78, 5) is 8.75. The normalized spacial score (nSPS) is 13.7. The smallest absolute Gasteiger partial charge is 0.128 e. The van der Waals surface area contributed by atoms with Crippen LogP contribution in [0.15, 0.2) is 138 Å². The third-order valence-electron chi connectivity index (χ3n) is 8.40. The van der Waals surface area contributed by atoms with Crippen LogP contribution in [-0.4, -0.2) is 9.97 Å². The summed E-state index contributed by atoms with van der Waals surface area (Å²) in [7, 11) is 0. The predicted octanol–water partition coefficient (Wildman–Crippen LogP) is 11.1. The number of hydrogen-bond acceptors (Lipinski definition) is 3. The third-order valence-corrected chi connectivity index (χ3v) is 8.40. The van der Waals surface area contributed by atoms with Crippen LogP contribution in [-0.2, 0) is 25.5 Å². The second-order valence-corrected chi connectivity index (χ2v) is 11.7. The summed E-state index contributed by atoms with van der Waals surface area (Å²) >= 11 is 0. The van der Waals surface area contributed by atoms with E-state index in [0.29, 0.717) is 11.3 Å². The molecule has 8 rings (SSSR count). The summed E-state index contributed by atoms with van der Waals surface area (Å²) in [5, 5.41) is 4.52. The van der Waals surface area contributed by atoms with Crippen LogP contribution in [0, 0.1) is 25.8 Å². The molecule has 0 fully saturated rings. The zero-order chi connectivity index (χ0) is 36.7. The van der Waals surface area contributed by atoms with Gasteiger partial charge in [-0.05, 0) is 46.4 Å². The van der Waals surface area contributed by atoms with Crippen molar-refractivity contribution in [3.05, 3.63) is 168 Å². The number of hydrogen-bond donors (Lipinski definition) is 0. The van der Waals surface area contributed by atoms with Crippen LogP contribution in [0.3, 0.4) is 0 Å². The van der Waals surface area contributed by atoms with Crippen molar-refractivity contribution >= 4 is 32.7 Å². The molecular weight excluding hydrogens is 753 g/mol. The van der Waals surface area contributed by atoms with E-state index in [-0.39, 0.29) is 36.6 Å². The topological polar surface area (TPSA) is 38.9 Å². The van der Waals surface area contributed by atoms with Crippen molar-refractivity contribution in [2.75, 3.05) is 0 Å². The van der Waals surface area contributed by atoms with E-state index in [0.717, 1.165) is 38.6 Å². The quantitative estimate of drug-likeness (QED) is 0.167. The first-order chi connectivity index (χ1) is 24.8. The largest absolute Gasteiger partial charge is 0.500 e. The minimum absolute atomic E-state index is 0. The van der Waals surface area contributed by atoms with Gasteiger partial charge in [0.1, 0.15) is 5.58 Å². The Kier molecular flexibility index (Phi) is 7.22. The second-order valence-electron chi connectivity index (χ2n) is 11.7. The van der Waals surface area contributed by atoms with E-state index in [1.54, 1.807) is 12.1 Å². The fraction of sp³-hybridized carbons (Fsp3) is 0.116. The Morgan fingerprint density at radius 1 is 0.638 bits per heavy atom. The van der Waals surface area contributed by atoms with E-state index in [4.69, 9.17) is 12.6 Å². The molecule has 3 heterocycles. The van der Waals surface area contributed by atoms with Crippen molar-refractivity contribution in [3.63, 3.8) is 0 Å². The van der Waals surface area contributed by atoms with Crippen molar-refractivity contribution < 1.29 is 32.7 Å². The molecule has 0 amide bonds. The number of nitrogens with zero attached hydrogens (tertiary/aromatic N) is 2. The first-order valence-corrected chi connectivity index (χ1v) is 15.1. The first kappa shape index (κ1) is 25.2. The Morgan fingerprint density at radius 2 is 1.43 bits per heavy atom. The van der Waals surface area contributed by atoms with Gasteiger partial charge in [-0.15, -0.1) is 59.2 Å². The van der Waals surface area contributed by atoms with Gasteiger partial charge >= 0.3 is 0 Å². The van der Waals surface area contributed by atoms with E-state index in [2.05, 4.69) is 121 Å². The standard InChI is InChI=1S/C30H22NO.C13H12N.Ir/c1-30(2,22-9-4-3-5-10-22)23-16-17-31-27(19-23)21-13-15-28-26(18-21)25-14-12-20-8-6-7-11-24(20)29(25)32-28;1-10-3-6-12(7-4-10)13-8-5-11(2)9-14-13;/h3-12,14-19H,1-2H3;3-6,8-9H,1-2H3;/q2*-1;/i;1D3,2D3;. The number of furan rings is 1. The van der Waals surface area contributed by atoms with E-state index >= 15 is 0 Å². The molecule has 233 valence electrons. The first-order valence-electron chi connectivity index (χ1n) is 18.1. The molecule has 0 saturated heterocycles. The van der Waals surface area contributed by atoms with Crippen LogP contribution in [0.4, 0.5) is 0 Å². The Morgan fingerprint density at radius 3 is 2.19 bits per heavy atom. The van der Waals surface area contributed by atoms with E-state index < -0.39 is 13.7 Å². The summed E-state index contributed by atoms with van der Waals surface area (Å²) in [5.41, 5.74) is 7.60. The van der Waals surface area contributed by atoms with Gasteiger partial charge in [0.25, 0.3) is 0 Å². The zero-order valence-electron chi connectivity index (χ0n) is 31.8. The molecule has 3 nitrogen and oxygen atoms in total. The Balaban J connectivity index is 0.000000199. The Bertz CT molecular complexity index is 2450. The monoisotopic (exact) mass is 793 g/mol. The molecule has 47 heavy (non-hydrogen) atoms. The van der Waals surface area contributed by atoms with Gasteiger partial charge in [0, 0.05) is 56.9 Å². The summed E-state index contributed by atoms with van der Waals surface area (Å²) < 4.78 is 49.9. The van der Waals surface area contributed by atoms with Crippen molar-refractivity contribution in [1.82, 2.24) is 9.97 Å². The van der Waals surface area contributed by atoms with Crippen LogP contribution in [0.2, 0.25) is 0 Å². The molecule has 1 radical (unpaired) electrons. The molecular formula is C43H34IrN2O-2. The molecule has 0 aliphatic carbocycles. The average molecular weight is 793 g/mol.